The molecular weight excluding hydrogens is 297 g/mol. The van der Waals surface area contributed by atoms with Gasteiger partial charge in [-0.2, -0.15) is 0 Å². The van der Waals surface area contributed by atoms with Gasteiger partial charge < -0.3 is 10.0 Å². The van der Waals surface area contributed by atoms with E-state index >= 15 is 0 Å². The molecule has 0 unspecified atom stereocenters. The maximum atomic E-state index is 12.8. The molecule has 2 heterocycles. The van der Waals surface area contributed by atoms with Crippen molar-refractivity contribution in [3.05, 3.63) is 52.2 Å². The smallest absolute Gasteiger partial charge is 0.326 e. The molecule has 1 fully saturated rings. The number of rotatable bonds is 3. The van der Waals surface area contributed by atoms with E-state index in [4.69, 9.17) is 7.85 Å². The second-order valence-corrected chi connectivity index (χ2v) is 6.23. The molecule has 2 radical (unpaired) electrons. The molecule has 0 saturated carbocycles. The van der Waals surface area contributed by atoms with Gasteiger partial charge in [0.2, 0.25) is 0 Å². The lowest BCUT2D eigenvalue weighted by Gasteiger charge is -2.28. The summed E-state index contributed by atoms with van der Waals surface area (Å²) in [6.45, 7) is 0. The Balaban J connectivity index is 1.97. The minimum Gasteiger partial charge on any atom is -0.480 e. The van der Waals surface area contributed by atoms with E-state index in [2.05, 4.69) is 0 Å². The molecule has 1 amide bonds. The van der Waals surface area contributed by atoms with E-state index in [0.717, 1.165) is 5.56 Å². The predicted octanol–water partition coefficient (Wildman–Crippen LogP) is 1.97. The molecule has 0 aliphatic carbocycles. The fraction of sp³-hybridized carbons (Fsp3) is 0.250. The Bertz CT molecular complexity index is 700. The zero-order valence-electron chi connectivity index (χ0n) is 11.8. The number of carbonyl (C=O) groups excluding carboxylic acids is 1. The number of carboxylic acids is 1. The number of amides is 1. The molecule has 110 valence electrons. The van der Waals surface area contributed by atoms with Gasteiger partial charge in [-0.15, -0.1) is 11.3 Å². The Hall–Kier alpha value is -2.08. The van der Waals surface area contributed by atoms with Crippen molar-refractivity contribution in [2.45, 2.75) is 24.9 Å². The van der Waals surface area contributed by atoms with Crippen LogP contribution in [0, 0.1) is 0 Å². The monoisotopic (exact) mass is 311 g/mol. The normalized spacial score (nSPS) is 21.0. The lowest BCUT2D eigenvalue weighted by atomic mass is 10.0. The average molecular weight is 311 g/mol. The number of hydrogen-bond donors (Lipinski definition) is 1. The standard InChI is InChI=1S/C16H14BNO3S/c17-11-8-14(22-9-11)15(19)18-12(6-7-13(18)16(20)21)10-4-2-1-3-5-10/h1-5,8-9,12-13H,6-7H2,(H,20,21)/t12-,13-/m1/s1. The molecule has 1 N–H and O–H groups in total. The number of aliphatic carboxylic acids is 1. The van der Waals surface area contributed by atoms with Crippen LogP contribution in [0.15, 0.2) is 41.8 Å². The largest absolute Gasteiger partial charge is 0.480 e. The number of thiophene rings is 1. The van der Waals surface area contributed by atoms with Crippen molar-refractivity contribution >= 4 is 36.5 Å². The first kappa shape index (κ1) is 14.8. The van der Waals surface area contributed by atoms with Gasteiger partial charge in [0.05, 0.1) is 10.9 Å². The molecular formula is C16H14BNO3S. The molecule has 1 saturated heterocycles. The van der Waals surface area contributed by atoms with E-state index in [1.807, 2.05) is 30.3 Å². The fourth-order valence-electron chi connectivity index (χ4n) is 2.93. The van der Waals surface area contributed by atoms with E-state index in [1.54, 1.807) is 11.4 Å². The third kappa shape index (κ3) is 2.66. The van der Waals surface area contributed by atoms with Gasteiger partial charge in [-0.05, 0) is 29.9 Å². The first-order valence-corrected chi connectivity index (χ1v) is 7.90. The molecule has 1 aliphatic rings. The molecule has 0 spiro atoms. The Morgan fingerprint density at radius 1 is 1.23 bits per heavy atom. The van der Waals surface area contributed by atoms with Gasteiger partial charge in [-0.1, -0.05) is 35.8 Å². The van der Waals surface area contributed by atoms with Crippen LogP contribution < -0.4 is 5.46 Å². The number of carboxylic acid groups (broad SMARTS) is 1. The summed E-state index contributed by atoms with van der Waals surface area (Å²) in [6.07, 6.45) is 1.11. The summed E-state index contributed by atoms with van der Waals surface area (Å²) >= 11 is 1.25. The van der Waals surface area contributed by atoms with Gasteiger partial charge in [0.15, 0.2) is 0 Å². The molecule has 6 heteroatoms. The summed E-state index contributed by atoms with van der Waals surface area (Å²) in [6, 6.07) is 10.2. The highest BCUT2D eigenvalue weighted by Gasteiger charge is 2.42. The lowest BCUT2D eigenvalue weighted by Crippen LogP contribution is -2.41. The third-order valence-corrected chi connectivity index (χ3v) is 4.86. The first-order valence-electron chi connectivity index (χ1n) is 7.02. The Morgan fingerprint density at radius 3 is 2.55 bits per heavy atom. The maximum absolute atomic E-state index is 12.8. The minimum absolute atomic E-state index is 0.210. The van der Waals surface area contributed by atoms with Gasteiger partial charge in [0, 0.05) is 0 Å². The van der Waals surface area contributed by atoms with Gasteiger partial charge in [0.25, 0.3) is 5.91 Å². The first-order chi connectivity index (χ1) is 10.6. The molecule has 1 aromatic carbocycles. The second-order valence-electron chi connectivity index (χ2n) is 5.31. The quantitative estimate of drug-likeness (QED) is 0.882. The highest BCUT2D eigenvalue weighted by atomic mass is 32.1. The summed E-state index contributed by atoms with van der Waals surface area (Å²) in [5.41, 5.74) is 1.49. The van der Waals surface area contributed by atoms with Crippen molar-refractivity contribution in [2.24, 2.45) is 0 Å². The summed E-state index contributed by atoms with van der Waals surface area (Å²) < 4.78 is 0. The number of hydrogen-bond acceptors (Lipinski definition) is 3. The van der Waals surface area contributed by atoms with Crippen LogP contribution in [0.25, 0.3) is 0 Å². The van der Waals surface area contributed by atoms with E-state index in [1.165, 1.54) is 16.2 Å². The van der Waals surface area contributed by atoms with Crippen molar-refractivity contribution in [1.29, 1.82) is 0 Å². The van der Waals surface area contributed by atoms with Gasteiger partial charge in [-0.3, -0.25) is 4.79 Å². The molecule has 1 aliphatic heterocycles. The molecule has 3 rings (SSSR count). The second kappa shape index (κ2) is 5.97. The Morgan fingerprint density at radius 2 is 1.95 bits per heavy atom. The SMILES string of the molecule is [B]c1csc(C(=O)N2[C@@H](C(=O)O)CC[C@@H]2c2ccccc2)c1. The Kier molecular flexibility index (Phi) is 4.03. The average Bonchev–Trinajstić information content (AvgIpc) is 3.13. The van der Waals surface area contributed by atoms with Crippen LogP contribution in [0.4, 0.5) is 0 Å². The van der Waals surface area contributed by atoms with Crippen molar-refractivity contribution < 1.29 is 14.7 Å². The van der Waals surface area contributed by atoms with Crippen molar-refractivity contribution in [2.75, 3.05) is 0 Å². The van der Waals surface area contributed by atoms with Crippen molar-refractivity contribution in [3.8, 4) is 0 Å². The van der Waals surface area contributed by atoms with Crippen LogP contribution in [0.2, 0.25) is 0 Å². The maximum Gasteiger partial charge on any atom is 0.326 e. The predicted molar refractivity (Wildman–Crippen MR) is 85.7 cm³/mol. The van der Waals surface area contributed by atoms with E-state index in [-0.39, 0.29) is 11.9 Å². The molecule has 22 heavy (non-hydrogen) atoms. The van der Waals surface area contributed by atoms with E-state index in [9.17, 15) is 14.7 Å². The molecule has 1 aromatic heterocycles. The van der Waals surface area contributed by atoms with Crippen LogP contribution in [0.1, 0.15) is 34.1 Å². The Labute approximate surface area is 133 Å². The zero-order chi connectivity index (χ0) is 15.7. The van der Waals surface area contributed by atoms with Crippen LogP contribution >= 0.6 is 11.3 Å². The van der Waals surface area contributed by atoms with E-state index in [0.29, 0.717) is 23.2 Å². The molecule has 2 atom stereocenters. The number of likely N-dealkylation sites (tertiary alicyclic amines) is 1. The molecule has 2 aromatic rings. The summed E-state index contributed by atoms with van der Waals surface area (Å²) in [5, 5.41) is 11.1. The van der Waals surface area contributed by atoms with Gasteiger partial charge in [0.1, 0.15) is 13.9 Å². The minimum atomic E-state index is -0.962. The molecule has 4 nitrogen and oxygen atoms in total. The summed E-state index contributed by atoms with van der Waals surface area (Å²) in [4.78, 5) is 26.3. The highest BCUT2D eigenvalue weighted by molar-refractivity contribution is 7.13. The van der Waals surface area contributed by atoms with Crippen LogP contribution in [0.3, 0.4) is 0 Å². The third-order valence-electron chi connectivity index (χ3n) is 3.92. The van der Waals surface area contributed by atoms with Gasteiger partial charge in [-0.25, -0.2) is 4.79 Å². The lowest BCUT2D eigenvalue weighted by molar-refractivity contribution is -0.141. The van der Waals surface area contributed by atoms with Crippen LogP contribution in [-0.4, -0.2) is 35.8 Å². The number of carbonyl (C=O) groups is 2. The summed E-state index contributed by atoms with van der Waals surface area (Å²) in [5.74, 6) is -1.23. The number of nitrogens with zero attached hydrogens (tertiary/aromatic N) is 1. The zero-order valence-corrected chi connectivity index (χ0v) is 12.6. The fourth-order valence-corrected chi connectivity index (χ4v) is 3.67. The van der Waals surface area contributed by atoms with E-state index < -0.39 is 12.0 Å². The van der Waals surface area contributed by atoms with Crippen molar-refractivity contribution in [3.63, 3.8) is 0 Å². The molecule has 0 bridgehead atoms. The highest BCUT2D eigenvalue weighted by Crippen LogP contribution is 2.37. The van der Waals surface area contributed by atoms with Crippen LogP contribution in [0.5, 0.6) is 0 Å². The van der Waals surface area contributed by atoms with Crippen molar-refractivity contribution in [1.82, 2.24) is 4.90 Å². The number of benzene rings is 1. The topological polar surface area (TPSA) is 57.6 Å². The summed E-state index contributed by atoms with van der Waals surface area (Å²) in [7, 11) is 5.68. The van der Waals surface area contributed by atoms with Gasteiger partial charge >= 0.3 is 5.97 Å². The van der Waals surface area contributed by atoms with Crippen LogP contribution in [-0.2, 0) is 4.79 Å².